The average Bonchev–Trinajstić information content (AvgIpc) is 2.84. The Morgan fingerprint density at radius 2 is 2.25 bits per heavy atom. The Morgan fingerprint density at radius 3 is 2.83 bits per heavy atom. The van der Waals surface area contributed by atoms with E-state index in [0.29, 0.717) is 5.60 Å². The molecule has 1 saturated heterocycles. The van der Waals surface area contributed by atoms with Gasteiger partial charge in [0.05, 0.1) is 5.60 Å². The fourth-order valence-electron chi connectivity index (χ4n) is 2.37. The van der Waals surface area contributed by atoms with Crippen LogP contribution in [0.3, 0.4) is 0 Å². The molecule has 1 saturated carbocycles. The molecule has 1 heteroatoms. The molecule has 1 spiro atoms. The van der Waals surface area contributed by atoms with Crippen LogP contribution in [0.4, 0.5) is 0 Å². The quantitative estimate of drug-likeness (QED) is 0.616. The highest BCUT2D eigenvalue weighted by molar-refractivity contribution is 4.99. The number of rotatable bonds is 2. The predicted molar refractivity (Wildman–Crippen MR) is 50.1 cm³/mol. The highest BCUT2D eigenvalue weighted by Crippen LogP contribution is 2.49. The zero-order valence-corrected chi connectivity index (χ0v) is 8.31. The molecule has 0 aromatic carbocycles. The van der Waals surface area contributed by atoms with Crippen LogP contribution in [-0.2, 0) is 4.74 Å². The smallest absolute Gasteiger partial charge is 0.0687 e. The molecule has 1 aliphatic carbocycles. The minimum absolute atomic E-state index is 0.381. The summed E-state index contributed by atoms with van der Waals surface area (Å²) in [6, 6.07) is 0. The zero-order chi connectivity index (χ0) is 8.60. The number of hydrogen-bond donors (Lipinski definition) is 0. The molecule has 1 heterocycles. The van der Waals surface area contributed by atoms with Gasteiger partial charge in [0.15, 0.2) is 0 Å². The maximum Gasteiger partial charge on any atom is 0.0687 e. The van der Waals surface area contributed by atoms with Gasteiger partial charge >= 0.3 is 0 Å². The van der Waals surface area contributed by atoms with Gasteiger partial charge in [-0.25, -0.2) is 0 Å². The van der Waals surface area contributed by atoms with Gasteiger partial charge in [-0.1, -0.05) is 20.3 Å². The molecule has 1 aliphatic heterocycles. The summed E-state index contributed by atoms with van der Waals surface area (Å²) in [5.74, 6) is 1.86. The lowest BCUT2D eigenvalue weighted by atomic mass is 9.82. The Bertz CT molecular complexity index is 160. The summed E-state index contributed by atoms with van der Waals surface area (Å²) < 4.78 is 5.80. The predicted octanol–water partition coefficient (Wildman–Crippen LogP) is 2.99. The van der Waals surface area contributed by atoms with E-state index >= 15 is 0 Å². The lowest BCUT2D eigenvalue weighted by Crippen LogP contribution is -2.30. The normalized spacial score (nSPS) is 35.0. The fourth-order valence-corrected chi connectivity index (χ4v) is 2.37. The first-order valence-corrected chi connectivity index (χ1v) is 5.40. The van der Waals surface area contributed by atoms with Gasteiger partial charge in [-0.2, -0.15) is 0 Å². The maximum atomic E-state index is 5.80. The average molecular weight is 168 g/mol. The van der Waals surface area contributed by atoms with Crippen LogP contribution in [0.5, 0.6) is 0 Å². The molecule has 12 heavy (non-hydrogen) atoms. The van der Waals surface area contributed by atoms with Gasteiger partial charge < -0.3 is 4.74 Å². The van der Waals surface area contributed by atoms with Crippen molar-refractivity contribution in [1.82, 2.24) is 0 Å². The molecule has 0 amide bonds. The van der Waals surface area contributed by atoms with Crippen molar-refractivity contribution in [2.75, 3.05) is 6.61 Å². The maximum absolute atomic E-state index is 5.80. The van der Waals surface area contributed by atoms with Crippen LogP contribution in [0.2, 0.25) is 0 Å². The Morgan fingerprint density at radius 1 is 1.50 bits per heavy atom. The van der Waals surface area contributed by atoms with Crippen molar-refractivity contribution in [2.45, 2.75) is 51.6 Å². The first kappa shape index (κ1) is 8.55. The summed E-state index contributed by atoms with van der Waals surface area (Å²) >= 11 is 0. The third-order valence-electron chi connectivity index (χ3n) is 3.79. The van der Waals surface area contributed by atoms with Crippen molar-refractivity contribution in [2.24, 2.45) is 11.8 Å². The van der Waals surface area contributed by atoms with E-state index in [0.717, 1.165) is 18.4 Å². The summed E-state index contributed by atoms with van der Waals surface area (Å²) in [4.78, 5) is 0. The molecule has 1 nitrogen and oxygen atoms in total. The minimum Gasteiger partial charge on any atom is -0.375 e. The Hall–Kier alpha value is -0.0400. The van der Waals surface area contributed by atoms with Gasteiger partial charge in [-0.15, -0.1) is 0 Å². The second kappa shape index (κ2) is 3.02. The minimum atomic E-state index is 0.381. The molecule has 0 bridgehead atoms. The summed E-state index contributed by atoms with van der Waals surface area (Å²) in [6.07, 6.45) is 6.65. The molecule has 2 unspecified atom stereocenters. The van der Waals surface area contributed by atoms with Gasteiger partial charge in [0.2, 0.25) is 0 Å². The van der Waals surface area contributed by atoms with Crippen LogP contribution in [0, 0.1) is 11.8 Å². The number of ether oxygens (including phenoxy) is 1. The van der Waals surface area contributed by atoms with E-state index in [2.05, 4.69) is 13.8 Å². The van der Waals surface area contributed by atoms with E-state index in [9.17, 15) is 0 Å². The summed E-state index contributed by atoms with van der Waals surface area (Å²) in [5, 5.41) is 0. The van der Waals surface area contributed by atoms with E-state index < -0.39 is 0 Å². The van der Waals surface area contributed by atoms with Crippen molar-refractivity contribution >= 4 is 0 Å². The molecule has 2 rings (SSSR count). The monoisotopic (exact) mass is 168 g/mol. The van der Waals surface area contributed by atoms with Gasteiger partial charge in [0.1, 0.15) is 0 Å². The van der Waals surface area contributed by atoms with Gasteiger partial charge in [-0.3, -0.25) is 0 Å². The van der Waals surface area contributed by atoms with E-state index in [1.165, 1.54) is 32.1 Å². The van der Waals surface area contributed by atoms with Gasteiger partial charge in [-0.05, 0) is 37.5 Å². The van der Waals surface area contributed by atoms with Crippen LogP contribution < -0.4 is 0 Å². The Kier molecular flexibility index (Phi) is 2.16. The van der Waals surface area contributed by atoms with E-state index in [1.54, 1.807) is 0 Å². The largest absolute Gasteiger partial charge is 0.375 e. The van der Waals surface area contributed by atoms with Gasteiger partial charge in [0.25, 0.3) is 0 Å². The first-order chi connectivity index (χ1) is 5.76. The van der Waals surface area contributed by atoms with Crippen molar-refractivity contribution in [3.05, 3.63) is 0 Å². The van der Waals surface area contributed by atoms with Crippen molar-refractivity contribution in [3.63, 3.8) is 0 Å². The van der Waals surface area contributed by atoms with Crippen LogP contribution in [0.25, 0.3) is 0 Å². The second-order valence-corrected chi connectivity index (χ2v) is 4.67. The van der Waals surface area contributed by atoms with Crippen LogP contribution in [0.15, 0.2) is 0 Å². The topological polar surface area (TPSA) is 9.23 Å². The number of hydrogen-bond acceptors (Lipinski definition) is 1. The summed E-state index contributed by atoms with van der Waals surface area (Å²) in [5.41, 5.74) is 0.381. The van der Waals surface area contributed by atoms with Crippen molar-refractivity contribution in [3.8, 4) is 0 Å². The van der Waals surface area contributed by atoms with Crippen LogP contribution in [-0.4, -0.2) is 12.2 Å². The lowest BCUT2D eigenvalue weighted by Gasteiger charge is -2.33. The highest BCUT2D eigenvalue weighted by Gasteiger charge is 2.48. The molecular formula is C11H20O. The molecule has 0 N–H and O–H groups in total. The second-order valence-electron chi connectivity index (χ2n) is 4.67. The molecule has 2 aliphatic rings. The van der Waals surface area contributed by atoms with E-state index in [4.69, 9.17) is 4.74 Å². The summed E-state index contributed by atoms with van der Waals surface area (Å²) in [6.45, 7) is 5.72. The van der Waals surface area contributed by atoms with E-state index in [-0.39, 0.29) is 0 Å². The van der Waals surface area contributed by atoms with Crippen LogP contribution >= 0.6 is 0 Å². The zero-order valence-electron chi connectivity index (χ0n) is 8.31. The first-order valence-electron chi connectivity index (χ1n) is 5.40. The van der Waals surface area contributed by atoms with Crippen molar-refractivity contribution in [1.29, 1.82) is 0 Å². The SMILES string of the molecule is CCC(C)C1CCOC2(CC2)C1. The molecule has 0 radical (unpaired) electrons. The fraction of sp³-hybridized carbons (Fsp3) is 1.00. The molecule has 70 valence electrons. The molecule has 0 aromatic heterocycles. The lowest BCUT2D eigenvalue weighted by molar-refractivity contribution is -0.0393. The third-order valence-corrected chi connectivity index (χ3v) is 3.79. The highest BCUT2D eigenvalue weighted by atomic mass is 16.5. The molecular weight excluding hydrogens is 148 g/mol. The summed E-state index contributed by atoms with van der Waals surface area (Å²) in [7, 11) is 0. The molecule has 0 aromatic rings. The Labute approximate surface area is 75.5 Å². The Balaban J connectivity index is 1.90. The van der Waals surface area contributed by atoms with Gasteiger partial charge in [0, 0.05) is 6.61 Å². The van der Waals surface area contributed by atoms with Crippen LogP contribution in [0.1, 0.15) is 46.0 Å². The van der Waals surface area contributed by atoms with Crippen molar-refractivity contribution < 1.29 is 4.74 Å². The molecule has 2 fully saturated rings. The molecule has 2 atom stereocenters. The third kappa shape index (κ3) is 1.52. The standard InChI is InChI=1S/C11H20O/c1-3-9(2)10-4-7-12-11(8-10)5-6-11/h9-10H,3-8H2,1-2H3. The van der Waals surface area contributed by atoms with E-state index in [1.807, 2.05) is 0 Å².